The van der Waals surface area contributed by atoms with Gasteiger partial charge >= 0.3 is 11.6 Å². The third kappa shape index (κ3) is 3.88. The normalized spacial score (nSPS) is 10.9. The molecular weight excluding hydrogens is 382 g/mol. The number of nitrogens with zero attached hydrogens (tertiary/aromatic N) is 4. The van der Waals surface area contributed by atoms with Crippen molar-refractivity contribution in [3.05, 3.63) is 82.8 Å². The molecule has 30 heavy (non-hydrogen) atoms. The van der Waals surface area contributed by atoms with Gasteiger partial charge in [-0.15, -0.1) is 0 Å². The van der Waals surface area contributed by atoms with Crippen molar-refractivity contribution >= 4 is 28.1 Å². The van der Waals surface area contributed by atoms with Crippen LogP contribution in [0.5, 0.6) is 11.6 Å². The molecule has 8 heteroatoms. The number of para-hydroxylation sites is 1. The molecule has 0 aliphatic carbocycles. The smallest absolute Gasteiger partial charge is 0.373 e. The molecule has 4 rings (SSSR count). The Bertz CT molecular complexity index is 1200. The van der Waals surface area contributed by atoms with Gasteiger partial charge in [-0.25, -0.2) is 4.98 Å². The Balaban J connectivity index is 1.70. The molecule has 0 saturated heterocycles. The molecule has 0 amide bonds. The predicted molar refractivity (Wildman–Crippen MR) is 114 cm³/mol. The highest BCUT2D eigenvalue weighted by molar-refractivity contribution is 5.84. The molecule has 8 nitrogen and oxygen atoms in total. The van der Waals surface area contributed by atoms with E-state index in [9.17, 15) is 10.1 Å². The van der Waals surface area contributed by atoms with Crippen LogP contribution in [0.4, 0.5) is 17.2 Å². The number of anilines is 2. The highest BCUT2D eigenvalue weighted by atomic mass is 16.6. The summed E-state index contributed by atoms with van der Waals surface area (Å²) in [6, 6.07) is 16.7. The molecule has 2 aromatic heterocycles. The maximum Gasteiger partial charge on any atom is 0.373 e. The van der Waals surface area contributed by atoms with Crippen LogP contribution in [0.15, 0.2) is 67.1 Å². The summed E-state index contributed by atoms with van der Waals surface area (Å²) >= 11 is 0. The minimum atomic E-state index is -0.557. The number of aromatic nitrogens is 3. The van der Waals surface area contributed by atoms with Crippen molar-refractivity contribution in [2.24, 2.45) is 0 Å². The zero-order valence-electron chi connectivity index (χ0n) is 16.4. The second kappa shape index (κ2) is 8.12. The van der Waals surface area contributed by atoms with Gasteiger partial charge in [0.25, 0.3) is 0 Å². The number of nitrogens with one attached hydrogen (secondary N) is 1. The maximum absolute atomic E-state index is 11.8. The van der Waals surface area contributed by atoms with Crippen molar-refractivity contribution in [2.45, 2.75) is 19.8 Å². The van der Waals surface area contributed by atoms with E-state index in [0.29, 0.717) is 22.9 Å². The first kappa shape index (κ1) is 19.3. The summed E-state index contributed by atoms with van der Waals surface area (Å²) in [4.78, 5) is 23.6. The van der Waals surface area contributed by atoms with Gasteiger partial charge in [0.2, 0.25) is 5.82 Å². The third-order valence-electron chi connectivity index (χ3n) is 4.61. The van der Waals surface area contributed by atoms with E-state index >= 15 is 0 Å². The number of benzene rings is 2. The zero-order chi connectivity index (χ0) is 21.1. The lowest BCUT2D eigenvalue weighted by atomic mass is 10.0. The van der Waals surface area contributed by atoms with E-state index in [-0.39, 0.29) is 17.4 Å². The molecular formula is C22H19N5O3. The minimum Gasteiger partial charge on any atom is -0.431 e. The number of hydrogen-bond donors (Lipinski definition) is 1. The lowest BCUT2D eigenvalue weighted by Gasteiger charge is -2.11. The van der Waals surface area contributed by atoms with E-state index in [2.05, 4.69) is 34.1 Å². The number of rotatable bonds is 6. The first-order chi connectivity index (χ1) is 14.5. The molecule has 1 N–H and O–H groups in total. The first-order valence-electron chi connectivity index (χ1n) is 9.41. The summed E-state index contributed by atoms with van der Waals surface area (Å²) in [5, 5.41) is 15.7. The Labute approximate surface area is 172 Å². The van der Waals surface area contributed by atoms with Crippen molar-refractivity contribution in [3.63, 3.8) is 0 Å². The number of ether oxygens (including phenoxy) is 1. The average molecular weight is 401 g/mol. The standard InChI is InChI=1S/C22H19N5O3/c1-14(2)15-8-10-17(11-9-15)26-21-20(27(28)29)22(25-13-24-21)30-18-7-3-5-16-6-4-12-23-19(16)18/h3-14H,1-2H3,(H,24,25,26). The van der Waals surface area contributed by atoms with Gasteiger partial charge in [0.15, 0.2) is 5.75 Å². The first-order valence-corrected chi connectivity index (χ1v) is 9.41. The quantitative estimate of drug-likeness (QED) is 0.332. The molecule has 2 aromatic carbocycles. The second-order valence-corrected chi connectivity index (χ2v) is 6.97. The second-order valence-electron chi connectivity index (χ2n) is 6.97. The zero-order valence-corrected chi connectivity index (χ0v) is 16.4. The van der Waals surface area contributed by atoms with E-state index in [1.807, 2.05) is 42.5 Å². The molecule has 0 bridgehead atoms. The largest absolute Gasteiger partial charge is 0.431 e. The number of nitro groups is 1. The maximum atomic E-state index is 11.8. The van der Waals surface area contributed by atoms with Crippen LogP contribution in [-0.4, -0.2) is 19.9 Å². The molecule has 0 fully saturated rings. The van der Waals surface area contributed by atoms with E-state index in [1.54, 1.807) is 18.3 Å². The van der Waals surface area contributed by atoms with Gasteiger partial charge < -0.3 is 10.1 Å². The Hall–Kier alpha value is -4.07. The van der Waals surface area contributed by atoms with Crippen LogP contribution in [0.25, 0.3) is 10.9 Å². The highest BCUT2D eigenvalue weighted by Gasteiger charge is 2.26. The Morgan fingerprint density at radius 3 is 2.50 bits per heavy atom. The average Bonchev–Trinajstić information content (AvgIpc) is 2.74. The van der Waals surface area contributed by atoms with Gasteiger partial charge in [-0.2, -0.15) is 4.98 Å². The molecule has 2 heterocycles. The predicted octanol–water partition coefficient (Wildman–Crippen LogP) is 5.59. The fraction of sp³-hybridized carbons (Fsp3) is 0.136. The van der Waals surface area contributed by atoms with E-state index < -0.39 is 4.92 Å². The molecule has 0 spiro atoms. The molecule has 4 aromatic rings. The summed E-state index contributed by atoms with van der Waals surface area (Å²) in [5.41, 5.74) is 2.09. The Morgan fingerprint density at radius 2 is 1.77 bits per heavy atom. The SMILES string of the molecule is CC(C)c1ccc(Nc2ncnc(Oc3cccc4cccnc34)c2[N+](=O)[O-])cc1. The number of fused-ring (bicyclic) bond motifs is 1. The molecule has 0 radical (unpaired) electrons. The van der Waals surface area contributed by atoms with E-state index in [4.69, 9.17) is 4.74 Å². The van der Waals surface area contributed by atoms with Crippen LogP contribution in [0, 0.1) is 10.1 Å². The summed E-state index contributed by atoms with van der Waals surface area (Å²) in [6.07, 6.45) is 2.86. The Morgan fingerprint density at radius 1 is 1.00 bits per heavy atom. The van der Waals surface area contributed by atoms with Crippen LogP contribution in [0.3, 0.4) is 0 Å². The van der Waals surface area contributed by atoms with Crippen molar-refractivity contribution in [3.8, 4) is 11.6 Å². The number of pyridine rings is 1. The summed E-state index contributed by atoms with van der Waals surface area (Å²) in [6.45, 7) is 4.20. The topological polar surface area (TPSA) is 103 Å². The van der Waals surface area contributed by atoms with Gasteiger partial charge in [-0.3, -0.25) is 15.1 Å². The van der Waals surface area contributed by atoms with Crippen LogP contribution >= 0.6 is 0 Å². The van der Waals surface area contributed by atoms with Crippen LogP contribution in [0.1, 0.15) is 25.3 Å². The molecule has 0 aliphatic heterocycles. The monoisotopic (exact) mass is 401 g/mol. The fourth-order valence-electron chi connectivity index (χ4n) is 3.04. The van der Waals surface area contributed by atoms with Crippen LogP contribution in [0.2, 0.25) is 0 Å². The summed E-state index contributed by atoms with van der Waals surface area (Å²) in [7, 11) is 0. The molecule has 0 atom stereocenters. The van der Waals surface area contributed by atoms with E-state index in [1.165, 1.54) is 11.9 Å². The fourth-order valence-corrected chi connectivity index (χ4v) is 3.04. The highest BCUT2D eigenvalue weighted by Crippen LogP contribution is 2.37. The van der Waals surface area contributed by atoms with Gasteiger partial charge in [0.05, 0.1) is 4.92 Å². The van der Waals surface area contributed by atoms with Crippen molar-refractivity contribution in [1.29, 1.82) is 0 Å². The van der Waals surface area contributed by atoms with Gasteiger partial charge in [-0.05, 0) is 35.7 Å². The molecule has 0 unspecified atom stereocenters. The van der Waals surface area contributed by atoms with Gasteiger partial charge in [-0.1, -0.05) is 44.2 Å². The van der Waals surface area contributed by atoms with Crippen molar-refractivity contribution in [2.75, 3.05) is 5.32 Å². The van der Waals surface area contributed by atoms with Crippen LogP contribution in [-0.2, 0) is 0 Å². The summed E-state index contributed by atoms with van der Waals surface area (Å²) in [5.74, 6) is 0.661. The van der Waals surface area contributed by atoms with Crippen molar-refractivity contribution < 1.29 is 9.66 Å². The van der Waals surface area contributed by atoms with Gasteiger partial charge in [0.1, 0.15) is 11.8 Å². The Kier molecular flexibility index (Phi) is 5.21. The third-order valence-corrected chi connectivity index (χ3v) is 4.61. The summed E-state index contributed by atoms with van der Waals surface area (Å²) < 4.78 is 5.82. The molecule has 0 aliphatic rings. The lowest BCUT2D eigenvalue weighted by Crippen LogP contribution is -2.04. The number of hydrogen-bond acceptors (Lipinski definition) is 7. The van der Waals surface area contributed by atoms with Gasteiger partial charge in [0, 0.05) is 17.3 Å². The molecule has 0 saturated carbocycles. The molecule has 150 valence electrons. The lowest BCUT2D eigenvalue weighted by molar-refractivity contribution is -0.385. The minimum absolute atomic E-state index is 0.0514. The van der Waals surface area contributed by atoms with Crippen molar-refractivity contribution in [1.82, 2.24) is 15.0 Å². The van der Waals surface area contributed by atoms with E-state index in [0.717, 1.165) is 5.39 Å². The van der Waals surface area contributed by atoms with Crippen LogP contribution < -0.4 is 10.1 Å².